The monoisotopic (exact) mass is 278 g/mol. The molecule has 1 aromatic rings. The highest BCUT2D eigenvalue weighted by Gasteiger charge is 2.28. The minimum absolute atomic E-state index is 0.0966. The molecule has 0 heterocycles. The van der Waals surface area contributed by atoms with E-state index in [1.165, 1.54) is 0 Å². The lowest BCUT2D eigenvalue weighted by atomic mass is 9.77. The first-order chi connectivity index (χ1) is 8.85. The maximum Gasteiger partial charge on any atom is 0.310 e. The van der Waals surface area contributed by atoms with E-state index in [2.05, 4.69) is 20.8 Å². The third-order valence-corrected chi connectivity index (χ3v) is 3.65. The molecular weight excluding hydrogens is 252 g/mol. The summed E-state index contributed by atoms with van der Waals surface area (Å²) in [7, 11) is 0. The van der Waals surface area contributed by atoms with E-state index >= 15 is 0 Å². The number of carboxylic acids is 1. The number of hydrogen-bond donors (Lipinski definition) is 2. The Labute approximate surface area is 121 Å². The van der Waals surface area contributed by atoms with Crippen molar-refractivity contribution in [3.63, 3.8) is 0 Å². The summed E-state index contributed by atoms with van der Waals surface area (Å²) in [5.41, 5.74) is 2.00. The second-order valence-electron chi connectivity index (χ2n) is 7.52. The van der Waals surface area contributed by atoms with E-state index in [4.69, 9.17) is 0 Å². The van der Waals surface area contributed by atoms with Gasteiger partial charge in [-0.05, 0) is 28.9 Å². The standard InChI is InChI=1S/C17H26O3/c1-10(15(19)20)12-8-11(16(2,3)4)9-13(14(12)18)17(5,6)7/h8-10,18H,1-7H3,(H,19,20). The lowest BCUT2D eigenvalue weighted by Gasteiger charge is -2.28. The molecule has 0 bridgehead atoms. The zero-order valence-electron chi connectivity index (χ0n) is 13.5. The van der Waals surface area contributed by atoms with Crippen molar-refractivity contribution in [3.8, 4) is 5.75 Å². The Bertz CT molecular complexity index is 516. The van der Waals surface area contributed by atoms with Crippen molar-refractivity contribution in [1.82, 2.24) is 0 Å². The average molecular weight is 278 g/mol. The summed E-state index contributed by atoms with van der Waals surface area (Å²) in [4.78, 5) is 11.3. The molecule has 1 unspecified atom stereocenters. The normalized spacial score (nSPS) is 14.2. The summed E-state index contributed by atoms with van der Waals surface area (Å²) in [5.74, 6) is -1.54. The molecule has 0 amide bonds. The van der Waals surface area contributed by atoms with Crippen LogP contribution >= 0.6 is 0 Å². The van der Waals surface area contributed by atoms with Crippen LogP contribution in [0.4, 0.5) is 0 Å². The molecule has 0 aliphatic heterocycles. The Morgan fingerprint density at radius 3 is 1.90 bits per heavy atom. The third kappa shape index (κ3) is 3.33. The van der Waals surface area contributed by atoms with Crippen molar-refractivity contribution in [1.29, 1.82) is 0 Å². The van der Waals surface area contributed by atoms with Gasteiger partial charge in [-0.15, -0.1) is 0 Å². The van der Waals surface area contributed by atoms with Gasteiger partial charge in [0.05, 0.1) is 5.92 Å². The highest BCUT2D eigenvalue weighted by Crippen LogP contribution is 2.40. The van der Waals surface area contributed by atoms with E-state index in [0.29, 0.717) is 5.56 Å². The molecule has 1 rings (SSSR count). The van der Waals surface area contributed by atoms with Crippen LogP contribution in [0, 0.1) is 0 Å². The molecule has 0 aliphatic rings. The zero-order chi connectivity index (χ0) is 15.9. The number of carbonyl (C=O) groups is 1. The summed E-state index contributed by atoms with van der Waals surface area (Å²) in [6, 6.07) is 3.82. The second kappa shape index (κ2) is 5.12. The Morgan fingerprint density at radius 1 is 1.05 bits per heavy atom. The van der Waals surface area contributed by atoms with Crippen LogP contribution in [0.2, 0.25) is 0 Å². The van der Waals surface area contributed by atoms with E-state index in [9.17, 15) is 15.0 Å². The predicted molar refractivity (Wildman–Crippen MR) is 81.6 cm³/mol. The quantitative estimate of drug-likeness (QED) is 0.853. The van der Waals surface area contributed by atoms with E-state index in [1.54, 1.807) is 6.92 Å². The molecule has 0 aromatic heterocycles. The van der Waals surface area contributed by atoms with Gasteiger partial charge in [0.1, 0.15) is 5.75 Å². The summed E-state index contributed by atoms with van der Waals surface area (Å²) in [5, 5.41) is 19.7. The van der Waals surface area contributed by atoms with Gasteiger partial charge in [-0.2, -0.15) is 0 Å². The highest BCUT2D eigenvalue weighted by molar-refractivity contribution is 5.77. The molecule has 0 saturated heterocycles. The number of phenols is 1. The van der Waals surface area contributed by atoms with Crippen LogP contribution in [0.15, 0.2) is 12.1 Å². The summed E-state index contributed by atoms with van der Waals surface area (Å²) in [6.45, 7) is 13.9. The van der Waals surface area contributed by atoms with Gasteiger partial charge in [-0.25, -0.2) is 0 Å². The maximum absolute atomic E-state index is 11.3. The van der Waals surface area contributed by atoms with Crippen molar-refractivity contribution in [3.05, 3.63) is 28.8 Å². The fourth-order valence-corrected chi connectivity index (χ4v) is 2.12. The van der Waals surface area contributed by atoms with Crippen LogP contribution in [0.5, 0.6) is 5.75 Å². The number of aromatic hydroxyl groups is 1. The molecule has 20 heavy (non-hydrogen) atoms. The first-order valence-corrected chi connectivity index (χ1v) is 6.96. The van der Waals surface area contributed by atoms with Crippen LogP contribution < -0.4 is 0 Å². The molecule has 0 fully saturated rings. The minimum atomic E-state index is -0.925. The lowest BCUT2D eigenvalue weighted by Crippen LogP contribution is -2.19. The molecule has 0 saturated carbocycles. The van der Waals surface area contributed by atoms with Crippen molar-refractivity contribution in [2.45, 2.75) is 65.2 Å². The SMILES string of the molecule is CC(C(=O)O)c1cc(C(C)(C)C)cc(C(C)(C)C)c1O. The van der Waals surface area contributed by atoms with Crippen LogP contribution in [0.3, 0.4) is 0 Å². The molecule has 1 atom stereocenters. The van der Waals surface area contributed by atoms with Crippen molar-refractivity contribution in [2.75, 3.05) is 0 Å². The molecule has 0 aliphatic carbocycles. The van der Waals surface area contributed by atoms with Gasteiger partial charge < -0.3 is 10.2 Å². The van der Waals surface area contributed by atoms with Crippen LogP contribution in [-0.4, -0.2) is 16.2 Å². The van der Waals surface area contributed by atoms with Crippen LogP contribution in [-0.2, 0) is 15.6 Å². The van der Waals surface area contributed by atoms with Crippen molar-refractivity contribution >= 4 is 5.97 Å². The summed E-state index contributed by atoms with van der Waals surface area (Å²) < 4.78 is 0. The molecule has 3 nitrogen and oxygen atoms in total. The van der Waals surface area contributed by atoms with E-state index in [-0.39, 0.29) is 16.6 Å². The van der Waals surface area contributed by atoms with Crippen molar-refractivity contribution in [2.24, 2.45) is 0 Å². The molecule has 112 valence electrons. The molecule has 0 radical (unpaired) electrons. The Hall–Kier alpha value is -1.51. The largest absolute Gasteiger partial charge is 0.507 e. The first kappa shape index (κ1) is 16.5. The Morgan fingerprint density at radius 2 is 1.55 bits per heavy atom. The third-order valence-electron chi connectivity index (χ3n) is 3.65. The van der Waals surface area contributed by atoms with Gasteiger partial charge in [-0.3, -0.25) is 4.79 Å². The number of carboxylic acid groups (broad SMARTS) is 1. The van der Waals surface area contributed by atoms with Crippen molar-refractivity contribution < 1.29 is 15.0 Å². The minimum Gasteiger partial charge on any atom is -0.507 e. The first-order valence-electron chi connectivity index (χ1n) is 6.96. The molecule has 0 spiro atoms. The number of rotatable bonds is 2. The number of phenolic OH excluding ortho intramolecular Hbond substituents is 1. The van der Waals surface area contributed by atoms with Gasteiger partial charge in [-0.1, -0.05) is 53.7 Å². The van der Waals surface area contributed by atoms with Gasteiger partial charge in [0, 0.05) is 5.56 Å². The lowest BCUT2D eigenvalue weighted by molar-refractivity contribution is -0.138. The van der Waals surface area contributed by atoms with Gasteiger partial charge in [0.2, 0.25) is 0 Å². The average Bonchev–Trinajstić information content (AvgIpc) is 2.24. The molecule has 2 N–H and O–H groups in total. The van der Waals surface area contributed by atoms with Gasteiger partial charge >= 0.3 is 5.97 Å². The number of aliphatic carboxylic acids is 1. The zero-order valence-corrected chi connectivity index (χ0v) is 13.5. The predicted octanol–water partition coefficient (Wildman–Crippen LogP) is 4.18. The fourth-order valence-electron chi connectivity index (χ4n) is 2.12. The Balaban J connectivity index is 3.64. The summed E-state index contributed by atoms with van der Waals surface area (Å²) >= 11 is 0. The van der Waals surface area contributed by atoms with Gasteiger partial charge in [0.25, 0.3) is 0 Å². The topological polar surface area (TPSA) is 57.5 Å². The second-order valence-corrected chi connectivity index (χ2v) is 7.52. The fraction of sp³-hybridized carbons (Fsp3) is 0.588. The van der Waals surface area contributed by atoms with Crippen LogP contribution in [0.1, 0.15) is 71.1 Å². The Kier molecular flexibility index (Phi) is 4.23. The van der Waals surface area contributed by atoms with E-state index < -0.39 is 11.9 Å². The number of benzene rings is 1. The highest BCUT2D eigenvalue weighted by atomic mass is 16.4. The smallest absolute Gasteiger partial charge is 0.310 e. The van der Waals surface area contributed by atoms with E-state index in [1.807, 2.05) is 32.9 Å². The number of hydrogen-bond acceptors (Lipinski definition) is 2. The van der Waals surface area contributed by atoms with Gasteiger partial charge in [0.15, 0.2) is 0 Å². The molecule has 1 aromatic carbocycles. The van der Waals surface area contributed by atoms with E-state index in [0.717, 1.165) is 11.1 Å². The van der Waals surface area contributed by atoms with Crippen LogP contribution in [0.25, 0.3) is 0 Å². The maximum atomic E-state index is 11.3. The molecular formula is C17H26O3. The summed E-state index contributed by atoms with van der Waals surface area (Å²) in [6.07, 6.45) is 0. The molecule has 3 heteroatoms.